The Hall–Kier alpha value is -0.870. The number of sulfone groups is 1. The van der Waals surface area contributed by atoms with Gasteiger partial charge in [-0.25, -0.2) is 8.42 Å². The molecule has 2 aliphatic heterocycles. The molecule has 0 N–H and O–H groups in total. The van der Waals surface area contributed by atoms with Crippen molar-refractivity contribution in [3.05, 3.63) is 35.4 Å². The lowest BCUT2D eigenvalue weighted by molar-refractivity contribution is -0.944. The zero-order chi connectivity index (χ0) is 11.2. The van der Waals surface area contributed by atoms with Gasteiger partial charge in [0.2, 0.25) is 0 Å². The van der Waals surface area contributed by atoms with Crippen molar-refractivity contribution in [2.75, 3.05) is 24.6 Å². The van der Waals surface area contributed by atoms with Gasteiger partial charge in [-0.05, 0) is 0 Å². The van der Waals surface area contributed by atoms with Crippen molar-refractivity contribution in [1.29, 1.82) is 0 Å². The first-order valence-corrected chi connectivity index (χ1v) is 7.53. The van der Waals surface area contributed by atoms with E-state index >= 15 is 0 Å². The molecule has 0 amide bonds. The number of hydrogen-bond donors (Lipinski definition) is 0. The quantitative estimate of drug-likeness (QED) is 0.631. The summed E-state index contributed by atoms with van der Waals surface area (Å²) in [5, 5.41) is 0. The SMILES string of the molecule is O=S1(=O)CC[N+]2(CC1)Cc1ccccc1C2. The third kappa shape index (κ3) is 1.66. The van der Waals surface area contributed by atoms with Gasteiger partial charge < -0.3 is 4.48 Å². The normalized spacial score (nSPS) is 25.5. The molecule has 1 fully saturated rings. The smallest absolute Gasteiger partial charge is 0.161 e. The van der Waals surface area contributed by atoms with Gasteiger partial charge in [-0.15, -0.1) is 0 Å². The summed E-state index contributed by atoms with van der Waals surface area (Å²) in [6, 6.07) is 8.49. The topological polar surface area (TPSA) is 34.1 Å². The summed E-state index contributed by atoms with van der Waals surface area (Å²) in [7, 11) is -2.75. The van der Waals surface area contributed by atoms with Crippen LogP contribution in [0.1, 0.15) is 11.1 Å². The molecule has 2 heterocycles. The Morgan fingerprint density at radius 1 is 0.938 bits per heavy atom. The van der Waals surface area contributed by atoms with Gasteiger partial charge in [0.25, 0.3) is 0 Å². The second kappa shape index (κ2) is 3.31. The molecule has 1 aromatic carbocycles. The van der Waals surface area contributed by atoms with Crippen LogP contribution < -0.4 is 0 Å². The van der Waals surface area contributed by atoms with Crippen LogP contribution in [0.3, 0.4) is 0 Å². The minimum Gasteiger partial charge on any atom is -0.314 e. The number of nitrogens with zero attached hydrogens (tertiary/aromatic N) is 1. The van der Waals surface area contributed by atoms with Gasteiger partial charge in [-0.3, -0.25) is 0 Å². The van der Waals surface area contributed by atoms with Crippen molar-refractivity contribution in [3.8, 4) is 0 Å². The highest BCUT2D eigenvalue weighted by atomic mass is 32.2. The summed E-state index contributed by atoms with van der Waals surface area (Å²) in [6.45, 7) is 3.62. The van der Waals surface area contributed by atoms with Crippen LogP contribution in [0, 0.1) is 0 Å². The molecular formula is C12H16NO2S+. The van der Waals surface area contributed by atoms with Gasteiger partial charge in [0, 0.05) is 11.1 Å². The van der Waals surface area contributed by atoms with E-state index in [4.69, 9.17) is 0 Å². The van der Waals surface area contributed by atoms with E-state index in [2.05, 4.69) is 24.3 Å². The summed E-state index contributed by atoms with van der Waals surface area (Å²) < 4.78 is 23.9. The number of rotatable bonds is 0. The number of benzene rings is 1. The summed E-state index contributed by atoms with van der Waals surface area (Å²) in [5.74, 6) is 0.724. The Balaban J connectivity index is 1.86. The molecule has 0 bridgehead atoms. The highest BCUT2D eigenvalue weighted by Crippen LogP contribution is 2.31. The van der Waals surface area contributed by atoms with E-state index in [9.17, 15) is 8.42 Å². The standard InChI is InChI=1S/C12H16NO2S/c14-16(15)7-5-13(6-8-16)9-11-3-1-2-4-12(11)10-13/h1-4H,5-10H2/q+1. The predicted molar refractivity (Wildman–Crippen MR) is 62.5 cm³/mol. The highest BCUT2D eigenvalue weighted by Gasteiger charge is 2.40. The lowest BCUT2D eigenvalue weighted by Crippen LogP contribution is -2.52. The van der Waals surface area contributed by atoms with E-state index in [-0.39, 0.29) is 0 Å². The lowest BCUT2D eigenvalue weighted by Gasteiger charge is -2.37. The Morgan fingerprint density at radius 3 is 1.94 bits per heavy atom. The van der Waals surface area contributed by atoms with Crippen molar-refractivity contribution >= 4 is 9.84 Å². The molecule has 1 aromatic rings. The molecule has 0 atom stereocenters. The first-order valence-electron chi connectivity index (χ1n) is 5.71. The van der Waals surface area contributed by atoms with Gasteiger partial charge in [0.15, 0.2) is 9.84 Å². The third-order valence-corrected chi connectivity index (χ3v) is 5.49. The van der Waals surface area contributed by atoms with Crippen molar-refractivity contribution < 1.29 is 12.9 Å². The number of quaternary nitrogens is 1. The van der Waals surface area contributed by atoms with E-state index in [1.807, 2.05) is 0 Å². The van der Waals surface area contributed by atoms with Crippen LogP contribution in [0.5, 0.6) is 0 Å². The number of fused-ring (bicyclic) bond motifs is 1. The summed E-state index contributed by atoms with van der Waals surface area (Å²) in [6.07, 6.45) is 0. The molecule has 1 spiro atoms. The first kappa shape index (κ1) is 10.3. The van der Waals surface area contributed by atoms with Crippen LogP contribution in [0.15, 0.2) is 24.3 Å². The van der Waals surface area contributed by atoms with Crippen molar-refractivity contribution in [3.63, 3.8) is 0 Å². The summed E-state index contributed by atoms with van der Waals surface area (Å²) >= 11 is 0. The molecule has 0 radical (unpaired) electrons. The van der Waals surface area contributed by atoms with Crippen molar-refractivity contribution in [2.45, 2.75) is 13.1 Å². The Morgan fingerprint density at radius 2 is 1.44 bits per heavy atom. The third-order valence-electron chi connectivity index (χ3n) is 3.88. The molecule has 1 saturated heterocycles. The largest absolute Gasteiger partial charge is 0.314 e. The molecule has 3 rings (SSSR count). The van der Waals surface area contributed by atoms with Crippen LogP contribution in [0.4, 0.5) is 0 Å². The van der Waals surface area contributed by atoms with E-state index in [1.54, 1.807) is 0 Å². The molecule has 0 unspecified atom stereocenters. The molecular weight excluding hydrogens is 222 g/mol. The minimum atomic E-state index is -2.75. The number of hydrogen-bond acceptors (Lipinski definition) is 2. The summed E-state index contributed by atoms with van der Waals surface area (Å²) in [5.41, 5.74) is 2.81. The van der Waals surface area contributed by atoms with E-state index in [0.29, 0.717) is 11.5 Å². The molecule has 2 aliphatic rings. The molecule has 0 aromatic heterocycles. The molecule has 0 saturated carbocycles. The second-order valence-electron chi connectivity index (χ2n) is 5.03. The van der Waals surface area contributed by atoms with Crippen LogP contribution in [-0.2, 0) is 22.9 Å². The zero-order valence-corrected chi connectivity index (χ0v) is 10.0. The fourth-order valence-corrected chi connectivity index (χ4v) is 4.38. The lowest BCUT2D eigenvalue weighted by atomic mass is 10.1. The van der Waals surface area contributed by atoms with Gasteiger partial charge in [-0.1, -0.05) is 24.3 Å². The maximum atomic E-state index is 11.5. The Bertz CT molecular complexity index is 481. The first-order chi connectivity index (χ1) is 7.59. The molecule has 3 nitrogen and oxygen atoms in total. The van der Waals surface area contributed by atoms with Gasteiger partial charge in [0.05, 0.1) is 24.6 Å². The molecule has 86 valence electrons. The second-order valence-corrected chi connectivity index (χ2v) is 7.33. The van der Waals surface area contributed by atoms with E-state index in [1.165, 1.54) is 11.1 Å². The maximum absolute atomic E-state index is 11.5. The highest BCUT2D eigenvalue weighted by molar-refractivity contribution is 7.91. The fourth-order valence-electron chi connectivity index (χ4n) is 2.84. The minimum absolute atomic E-state index is 0.362. The molecule has 16 heavy (non-hydrogen) atoms. The van der Waals surface area contributed by atoms with Crippen LogP contribution >= 0.6 is 0 Å². The van der Waals surface area contributed by atoms with Crippen LogP contribution in [0.2, 0.25) is 0 Å². The Kier molecular flexibility index (Phi) is 2.13. The monoisotopic (exact) mass is 238 g/mol. The van der Waals surface area contributed by atoms with Crippen molar-refractivity contribution in [1.82, 2.24) is 0 Å². The van der Waals surface area contributed by atoms with Gasteiger partial charge >= 0.3 is 0 Å². The molecule has 4 heteroatoms. The predicted octanol–water partition coefficient (Wildman–Crippen LogP) is 0.945. The average molecular weight is 238 g/mol. The zero-order valence-electron chi connectivity index (χ0n) is 9.22. The van der Waals surface area contributed by atoms with Crippen LogP contribution in [-0.4, -0.2) is 37.5 Å². The molecule has 0 aliphatic carbocycles. The summed E-state index contributed by atoms with van der Waals surface area (Å²) in [4.78, 5) is 0. The van der Waals surface area contributed by atoms with Crippen molar-refractivity contribution in [2.24, 2.45) is 0 Å². The van der Waals surface area contributed by atoms with Gasteiger partial charge in [0.1, 0.15) is 13.1 Å². The van der Waals surface area contributed by atoms with Crippen LogP contribution in [0.25, 0.3) is 0 Å². The maximum Gasteiger partial charge on any atom is 0.161 e. The Labute approximate surface area is 96.2 Å². The van der Waals surface area contributed by atoms with Gasteiger partial charge in [-0.2, -0.15) is 0 Å². The fraction of sp³-hybridized carbons (Fsp3) is 0.500. The van der Waals surface area contributed by atoms with E-state index < -0.39 is 9.84 Å². The average Bonchev–Trinajstić information content (AvgIpc) is 2.62. The van der Waals surface area contributed by atoms with E-state index in [0.717, 1.165) is 30.7 Å².